The number of H-pyrrole nitrogens is 1. The fourth-order valence-corrected chi connectivity index (χ4v) is 2.85. The van der Waals surface area contributed by atoms with Gasteiger partial charge in [-0.25, -0.2) is 5.14 Å². The Bertz CT molecular complexity index is 845. The maximum atomic E-state index is 12.1. The first-order valence-electron chi connectivity index (χ1n) is 6.29. The molecule has 0 aliphatic carbocycles. The van der Waals surface area contributed by atoms with E-state index in [9.17, 15) is 18.3 Å². The van der Waals surface area contributed by atoms with Gasteiger partial charge < -0.3 is 10.4 Å². The topological polar surface area (TPSA) is 141 Å². The van der Waals surface area contributed by atoms with Crippen LogP contribution in [0.3, 0.4) is 0 Å². The predicted molar refractivity (Wildman–Crippen MR) is 77.0 cm³/mol. The van der Waals surface area contributed by atoms with Crippen molar-refractivity contribution in [3.63, 3.8) is 0 Å². The highest BCUT2D eigenvalue weighted by molar-refractivity contribution is 7.86. The maximum Gasteiger partial charge on any atom is 0.277 e. The van der Waals surface area contributed by atoms with Crippen LogP contribution in [0.5, 0.6) is 5.75 Å². The standard InChI is InChI=1S/C12H13N5O4S/c13-22(20,21)17-5-8-9(6-17)15-16-11(8)14-12(19)7-3-1-2-4-10(7)18/h1-4,18H,5-6H2,(H2,13,20,21)(H2,14,15,16,19). The number of carbonyl (C=O) groups excluding carboxylic acids is 1. The number of fused-ring (bicyclic) bond motifs is 1. The van der Waals surface area contributed by atoms with Crippen LogP contribution in [0, 0.1) is 0 Å². The highest BCUT2D eigenvalue weighted by Crippen LogP contribution is 2.28. The van der Waals surface area contributed by atoms with Gasteiger partial charge in [-0.1, -0.05) is 12.1 Å². The number of phenolic OH excluding ortho intramolecular Hbond substituents is 1. The van der Waals surface area contributed by atoms with E-state index in [0.717, 1.165) is 4.31 Å². The number of nitrogens with two attached hydrogens (primary N) is 1. The number of anilines is 1. The zero-order chi connectivity index (χ0) is 15.9. The number of benzene rings is 1. The van der Waals surface area contributed by atoms with Crippen molar-refractivity contribution in [3.05, 3.63) is 41.1 Å². The van der Waals surface area contributed by atoms with E-state index in [1.54, 1.807) is 12.1 Å². The van der Waals surface area contributed by atoms with E-state index in [-0.39, 0.29) is 30.2 Å². The summed E-state index contributed by atoms with van der Waals surface area (Å²) >= 11 is 0. The molecule has 0 fully saturated rings. The third-order valence-electron chi connectivity index (χ3n) is 3.36. The first-order chi connectivity index (χ1) is 10.4. The second-order valence-electron chi connectivity index (χ2n) is 4.81. The van der Waals surface area contributed by atoms with Crippen LogP contribution >= 0.6 is 0 Å². The van der Waals surface area contributed by atoms with Gasteiger partial charge in [-0.2, -0.15) is 17.8 Å². The van der Waals surface area contributed by atoms with Crippen molar-refractivity contribution in [3.8, 4) is 5.75 Å². The van der Waals surface area contributed by atoms with E-state index in [0.29, 0.717) is 11.3 Å². The summed E-state index contributed by atoms with van der Waals surface area (Å²) in [5.74, 6) is -0.478. The average molecular weight is 323 g/mol. The molecule has 0 atom stereocenters. The minimum Gasteiger partial charge on any atom is -0.507 e. The number of hydrogen-bond acceptors (Lipinski definition) is 5. The Labute approximate surface area is 125 Å². The molecule has 2 aromatic rings. The molecule has 1 aliphatic rings. The number of rotatable bonds is 3. The van der Waals surface area contributed by atoms with Gasteiger partial charge in [0, 0.05) is 12.1 Å². The van der Waals surface area contributed by atoms with Gasteiger partial charge in [0.05, 0.1) is 17.8 Å². The van der Waals surface area contributed by atoms with Crippen molar-refractivity contribution >= 4 is 21.9 Å². The highest BCUT2D eigenvalue weighted by Gasteiger charge is 2.31. The fourth-order valence-electron chi connectivity index (χ4n) is 2.23. The van der Waals surface area contributed by atoms with Gasteiger partial charge in [0.15, 0.2) is 5.82 Å². The van der Waals surface area contributed by atoms with Gasteiger partial charge in [0.25, 0.3) is 16.1 Å². The largest absolute Gasteiger partial charge is 0.507 e. The highest BCUT2D eigenvalue weighted by atomic mass is 32.2. The number of aromatic amines is 1. The van der Waals surface area contributed by atoms with Gasteiger partial charge in [-0.15, -0.1) is 0 Å². The lowest BCUT2D eigenvalue weighted by molar-refractivity contribution is 0.102. The lowest BCUT2D eigenvalue weighted by atomic mass is 10.2. The van der Waals surface area contributed by atoms with Crippen LogP contribution in [0.1, 0.15) is 21.6 Å². The first-order valence-corrected chi connectivity index (χ1v) is 7.80. The van der Waals surface area contributed by atoms with Gasteiger partial charge in [0.1, 0.15) is 5.75 Å². The van der Waals surface area contributed by atoms with Crippen molar-refractivity contribution < 1.29 is 18.3 Å². The third kappa shape index (κ3) is 2.54. The van der Waals surface area contributed by atoms with Crippen LogP contribution in [0.4, 0.5) is 5.82 Å². The molecular weight excluding hydrogens is 310 g/mol. The van der Waals surface area contributed by atoms with Gasteiger partial charge in [-0.05, 0) is 12.1 Å². The molecule has 0 saturated carbocycles. The Balaban J connectivity index is 1.82. The van der Waals surface area contributed by atoms with Crippen molar-refractivity contribution in [2.75, 3.05) is 5.32 Å². The smallest absolute Gasteiger partial charge is 0.277 e. The quantitative estimate of drug-likeness (QED) is 0.623. The number of aromatic nitrogens is 2. The van der Waals surface area contributed by atoms with E-state index in [4.69, 9.17) is 5.14 Å². The molecule has 116 valence electrons. The molecule has 0 bridgehead atoms. The van der Waals surface area contributed by atoms with Crippen LogP contribution in [-0.2, 0) is 23.3 Å². The van der Waals surface area contributed by atoms with E-state index in [1.165, 1.54) is 12.1 Å². The van der Waals surface area contributed by atoms with Crippen molar-refractivity contribution in [2.45, 2.75) is 13.1 Å². The number of para-hydroxylation sites is 1. The number of aromatic hydroxyl groups is 1. The molecule has 1 amide bonds. The summed E-state index contributed by atoms with van der Waals surface area (Å²) in [4.78, 5) is 12.1. The number of nitrogens with one attached hydrogen (secondary N) is 2. The molecule has 1 aromatic heterocycles. The van der Waals surface area contributed by atoms with E-state index < -0.39 is 16.1 Å². The summed E-state index contributed by atoms with van der Waals surface area (Å²) in [7, 11) is -3.81. The number of carbonyl (C=O) groups is 1. The molecule has 0 radical (unpaired) electrons. The molecule has 0 unspecified atom stereocenters. The van der Waals surface area contributed by atoms with E-state index in [2.05, 4.69) is 15.5 Å². The first kappa shape index (κ1) is 14.5. The van der Waals surface area contributed by atoms with Crippen LogP contribution < -0.4 is 10.5 Å². The third-order valence-corrected chi connectivity index (χ3v) is 4.34. The summed E-state index contributed by atoms with van der Waals surface area (Å²) in [5, 5.41) is 23.9. The monoisotopic (exact) mass is 323 g/mol. The van der Waals surface area contributed by atoms with E-state index in [1.807, 2.05) is 0 Å². The Hall–Kier alpha value is -2.43. The fraction of sp³-hybridized carbons (Fsp3) is 0.167. The molecule has 1 aromatic carbocycles. The second kappa shape index (κ2) is 5.09. The molecule has 0 saturated heterocycles. The Morgan fingerprint density at radius 1 is 1.36 bits per heavy atom. The minimum atomic E-state index is -3.81. The molecule has 3 rings (SSSR count). The van der Waals surface area contributed by atoms with Crippen molar-refractivity contribution in [1.82, 2.24) is 14.5 Å². The average Bonchev–Trinajstić information content (AvgIpc) is 3.01. The Morgan fingerprint density at radius 3 is 2.77 bits per heavy atom. The zero-order valence-electron chi connectivity index (χ0n) is 11.3. The predicted octanol–water partition coefficient (Wildman–Crippen LogP) is -0.113. The molecule has 2 heterocycles. The summed E-state index contributed by atoms with van der Waals surface area (Å²) in [6.45, 7) is 0.106. The number of phenols is 1. The molecule has 9 nitrogen and oxygen atoms in total. The molecular formula is C12H13N5O4S. The molecule has 22 heavy (non-hydrogen) atoms. The van der Waals surface area contributed by atoms with Gasteiger partial charge in [0.2, 0.25) is 0 Å². The van der Waals surface area contributed by atoms with Crippen LogP contribution in [0.25, 0.3) is 0 Å². The van der Waals surface area contributed by atoms with Crippen LogP contribution in [-0.4, -0.2) is 33.9 Å². The Kier molecular flexibility index (Phi) is 3.35. The van der Waals surface area contributed by atoms with E-state index >= 15 is 0 Å². The number of hydrogen-bond donors (Lipinski definition) is 4. The zero-order valence-corrected chi connectivity index (χ0v) is 12.1. The molecule has 1 aliphatic heterocycles. The van der Waals surface area contributed by atoms with Crippen LogP contribution in [0.2, 0.25) is 0 Å². The lowest BCUT2D eigenvalue weighted by Crippen LogP contribution is -2.32. The summed E-state index contributed by atoms with van der Waals surface area (Å²) in [6, 6.07) is 6.08. The van der Waals surface area contributed by atoms with Gasteiger partial charge >= 0.3 is 0 Å². The second-order valence-corrected chi connectivity index (χ2v) is 6.36. The maximum absolute atomic E-state index is 12.1. The number of nitrogens with zero attached hydrogens (tertiary/aromatic N) is 2. The summed E-state index contributed by atoms with van der Waals surface area (Å²) < 4.78 is 23.8. The molecule has 5 N–H and O–H groups in total. The van der Waals surface area contributed by atoms with Crippen molar-refractivity contribution in [1.29, 1.82) is 0 Å². The van der Waals surface area contributed by atoms with Gasteiger partial charge in [-0.3, -0.25) is 9.89 Å². The van der Waals surface area contributed by atoms with Crippen molar-refractivity contribution in [2.24, 2.45) is 5.14 Å². The molecule has 10 heteroatoms. The minimum absolute atomic E-state index is 0.0288. The lowest BCUT2D eigenvalue weighted by Gasteiger charge is -2.11. The van der Waals surface area contributed by atoms with Crippen LogP contribution in [0.15, 0.2) is 24.3 Å². The summed E-state index contributed by atoms with van der Waals surface area (Å²) in [5.41, 5.74) is 1.22. The normalized spacial score (nSPS) is 14.8. The SMILES string of the molecule is NS(=O)(=O)N1Cc2[nH]nc(NC(=O)c3ccccc3O)c2C1. The number of amides is 1. The molecule has 0 spiro atoms. The summed E-state index contributed by atoms with van der Waals surface area (Å²) in [6.07, 6.45) is 0. The Morgan fingerprint density at radius 2 is 2.09 bits per heavy atom.